The van der Waals surface area contributed by atoms with Crippen molar-refractivity contribution in [2.24, 2.45) is 0 Å². The van der Waals surface area contributed by atoms with Crippen LogP contribution in [0, 0.1) is 11.3 Å². The van der Waals surface area contributed by atoms with E-state index in [9.17, 15) is 10.1 Å². The highest BCUT2D eigenvalue weighted by atomic mass is 16.1. The zero-order chi connectivity index (χ0) is 18.6. The molecule has 0 spiro atoms. The van der Waals surface area contributed by atoms with Gasteiger partial charge in [-0.05, 0) is 30.7 Å². The van der Waals surface area contributed by atoms with Gasteiger partial charge in [0.1, 0.15) is 11.9 Å². The SMILES string of the molecule is N#Cc1ccccc1N1CCCN(Cc2nc3ccccc3c(=O)[nH]2)CC1. The van der Waals surface area contributed by atoms with E-state index in [0.29, 0.717) is 23.3 Å². The molecule has 0 atom stereocenters. The first kappa shape index (κ1) is 17.3. The number of hydrogen-bond donors (Lipinski definition) is 1. The number of H-pyrrole nitrogens is 1. The molecule has 0 bridgehead atoms. The molecule has 6 heteroatoms. The topological polar surface area (TPSA) is 76.0 Å². The van der Waals surface area contributed by atoms with Crippen LogP contribution in [0.5, 0.6) is 0 Å². The van der Waals surface area contributed by atoms with Crippen LogP contribution in [0.15, 0.2) is 53.3 Å². The van der Waals surface area contributed by atoms with Crippen molar-refractivity contribution in [3.63, 3.8) is 0 Å². The molecule has 27 heavy (non-hydrogen) atoms. The lowest BCUT2D eigenvalue weighted by molar-refractivity contribution is 0.278. The maximum Gasteiger partial charge on any atom is 0.258 e. The number of anilines is 1. The second-order valence-electron chi connectivity index (χ2n) is 6.78. The van der Waals surface area contributed by atoms with Gasteiger partial charge in [-0.2, -0.15) is 5.26 Å². The van der Waals surface area contributed by atoms with E-state index in [-0.39, 0.29) is 5.56 Å². The molecule has 1 aromatic heterocycles. The summed E-state index contributed by atoms with van der Waals surface area (Å²) in [6.07, 6.45) is 0.998. The fourth-order valence-electron chi connectivity index (χ4n) is 3.64. The number of para-hydroxylation sites is 2. The smallest absolute Gasteiger partial charge is 0.258 e. The summed E-state index contributed by atoms with van der Waals surface area (Å²) in [5.41, 5.74) is 2.36. The van der Waals surface area contributed by atoms with Gasteiger partial charge in [-0.25, -0.2) is 4.98 Å². The highest BCUT2D eigenvalue weighted by Gasteiger charge is 2.18. The van der Waals surface area contributed by atoms with E-state index in [0.717, 1.165) is 43.8 Å². The van der Waals surface area contributed by atoms with Gasteiger partial charge in [-0.3, -0.25) is 9.69 Å². The molecular weight excluding hydrogens is 338 g/mol. The fourth-order valence-corrected chi connectivity index (χ4v) is 3.64. The molecule has 1 aliphatic heterocycles. The number of fused-ring (bicyclic) bond motifs is 1. The minimum Gasteiger partial charge on any atom is -0.369 e. The molecule has 1 N–H and O–H groups in total. The summed E-state index contributed by atoms with van der Waals surface area (Å²) in [6.45, 7) is 4.17. The van der Waals surface area contributed by atoms with E-state index in [1.807, 2.05) is 42.5 Å². The minimum atomic E-state index is -0.0880. The van der Waals surface area contributed by atoms with Gasteiger partial charge in [0.25, 0.3) is 5.56 Å². The number of aromatic nitrogens is 2. The second kappa shape index (κ2) is 7.60. The maximum atomic E-state index is 12.3. The number of hydrogen-bond acceptors (Lipinski definition) is 5. The molecule has 2 aromatic carbocycles. The summed E-state index contributed by atoms with van der Waals surface area (Å²) in [7, 11) is 0. The van der Waals surface area contributed by atoms with E-state index in [1.165, 1.54) is 0 Å². The van der Waals surface area contributed by atoms with E-state index in [4.69, 9.17) is 0 Å². The van der Waals surface area contributed by atoms with Crippen molar-refractivity contribution in [3.8, 4) is 6.07 Å². The van der Waals surface area contributed by atoms with Crippen LogP contribution in [0.2, 0.25) is 0 Å². The zero-order valence-corrected chi connectivity index (χ0v) is 15.1. The number of nitrogens with zero attached hydrogens (tertiary/aromatic N) is 4. The fraction of sp³-hybridized carbons (Fsp3) is 0.286. The van der Waals surface area contributed by atoms with Gasteiger partial charge in [-0.15, -0.1) is 0 Å². The summed E-state index contributed by atoms with van der Waals surface area (Å²) < 4.78 is 0. The van der Waals surface area contributed by atoms with Gasteiger partial charge in [0, 0.05) is 26.2 Å². The van der Waals surface area contributed by atoms with Gasteiger partial charge in [0.15, 0.2) is 0 Å². The Morgan fingerprint density at radius 2 is 1.85 bits per heavy atom. The average molecular weight is 359 g/mol. The number of benzene rings is 2. The Bertz CT molecular complexity index is 1050. The number of nitriles is 1. The molecule has 0 saturated carbocycles. The molecule has 2 heterocycles. The lowest BCUT2D eigenvalue weighted by Crippen LogP contribution is -2.31. The van der Waals surface area contributed by atoms with Crippen molar-refractivity contribution in [1.29, 1.82) is 5.26 Å². The van der Waals surface area contributed by atoms with Crippen LogP contribution in [-0.4, -0.2) is 41.0 Å². The lowest BCUT2D eigenvalue weighted by Gasteiger charge is -2.24. The Morgan fingerprint density at radius 1 is 1.04 bits per heavy atom. The third-order valence-electron chi connectivity index (χ3n) is 4.99. The maximum absolute atomic E-state index is 12.3. The standard InChI is InChI=1S/C21H21N5O/c22-14-16-6-1-4-9-19(16)26-11-5-10-25(12-13-26)15-20-23-18-8-3-2-7-17(18)21(27)24-20/h1-4,6-9H,5,10-13,15H2,(H,23,24,27). The lowest BCUT2D eigenvalue weighted by atomic mass is 10.1. The van der Waals surface area contributed by atoms with E-state index in [1.54, 1.807) is 6.07 Å². The van der Waals surface area contributed by atoms with E-state index >= 15 is 0 Å². The molecular formula is C21H21N5O. The summed E-state index contributed by atoms with van der Waals surface area (Å²) in [6, 6.07) is 17.4. The Balaban J connectivity index is 1.49. The Hall–Kier alpha value is -3.17. The van der Waals surface area contributed by atoms with Crippen LogP contribution < -0.4 is 10.5 Å². The van der Waals surface area contributed by atoms with Crippen molar-refractivity contribution in [1.82, 2.24) is 14.9 Å². The molecule has 6 nitrogen and oxygen atoms in total. The molecule has 0 radical (unpaired) electrons. The normalized spacial score (nSPS) is 15.4. The molecule has 136 valence electrons. The summed E-state index contributed by atoms with van der Waals surface area (Å²) in [5.74, 6) is 0.699. The van der Waals surface area contributed by atoms with Crippen molar-refractivity contribution < 1.29 is 0 Å². The molecule has 0 amide bonds. The first-order valence-corrected chi connectivity index (χ1v) is 9.19. The first-order valence-electron chi connectivity index (χ1n) is 9.19. The predicted octanol–water partition coefficient (Wildman–Crippen LogP) is 2.51. The summed E-state index contributed by atoms with van der Waals surface area (Å²) in [4.78, 5) is 24.4. The summed E-state index contributed by atoms with van der Waals surface area (Å²) >= 11 is 0. The molecule has 3 aromatic rings. The van der Waals surface area contributed by atoms with Crippen molar-refractivity contribution in [3.05, 3.63) is 70.3 Å². The van der Waals surface area contributed by atoms with Crippen LogP contribution in [-0.2, 0) is 6.54 Å². The van der Waals surface area contributed by atoms with Crippen LogP contribution in [0.4, 0.5) is 5.69 Å². The van der Waals surface area contributed by atoms with E-state index < -0.39 is 0 Å². The number of rotatable bonds is 3. The third-order valence-corrected chi connectivity index (χ3v) is 4.99. The van der Waals surface area contributed by atoms with Gasteiger partial charge in [0.2, 0.25) is 0 Å². The second-order valence-corrected chi connectivity index (χ2v) is 6.78. The minimum absolute atomic E-state index is 0.0880. The Morgan fingerprint density at radius 3 is 2.74 bits per heavy atom. The molecule has 0 unspecified atom stereocenters. The van der Waals surface area contributed by atoms with Crippen LogP contribution >= 0.6 is 0 Å². The monoisotopic (exact) mass is 359 g/mol. The van der Waals surface area contributed by atoms with Gasteiger partial charge >= 0.3 is 0 Å². The molecule has 1 fully saturated rings. The Labute approximate surface area is 157 Å². The van der Waals surface area contributed by atoms with Crippen molar-refractivity contribution >= 4 is 16.6 Å². The highest BCUT2D eigenvalue weighted by Crippen LogP contribution is 2.21. The largest absolute Gasteiger partial charge is 0.369 e. The number of aromatic amines is 1. The van der Waals surface area contributed by atoms with Gasteiger partial charge in [0.05, 0.1) is 28.7 Å². The average Bonchev–Trinajstić information content (AvgIpc) is 2.93. The van der Waals surface area contributed by atoms with Crippen molar-refractivity contribution in [2.75, 3.05) is 31.1 Å². The van der Waals surface area contributed by atoms with Crippen LogP contribution in [0.25, 0.3) is 10.9 Å². The quantitative estimate of drug-likeness (QED) is 0.778. The first-order chi connectivity index (χ1) is 13.2. The van der Waals surface area contributed by atoms with E-state index in [2.05, 4.69) is 25.8 Å². The van der Waals surface area contributed by atoms with Crippen LogP contribution in [0.1, 0.15) is 17.8 Å². The van der Waals surface area contributed by atoms with Gasteiger partial charge in [-0.1, -0.05) is 24.3 Å². The number of nitrogens with one attached hydrogen (secondary N) is 1. The zero-order valence-electron chi connectivity index (χ0n) is 15.1. The molecule has 1 saturated heterocycles. The van der Waals surface area contributed by atoms with Crippen LogP contribution in [0.3, 0.4) is 0 Å². The highest BCUT2D eigenvalue weighted by molar-refractivity contribution is 5.77. The molecule has 4 rings (SSSR count). The third kappa shape index (κ3) is 3.69. The van der Waals surface area contributed by atoms with Gasteiger partial charge < -0.3 is 9.88 Å². The predicted molar refractivity (Wildman–Crippen MR) is 106 cm³/mol. The Kier molecular flexibility index (Phi) is 4.86. The molecule has 1 aliphatic rings. The molecule has 0 aliphatic carbocycles. The summed E-state index contributed by atoms with van der Waals surface area (Å²) in [5, 5.41) is 9.97. The van der Waals surface area contributed by atoms with Crippen molar-refractivity contribution in [2.45, 2.75) is 13.0 Å².